The Balaban J connectivity index is 2.19. The molecule has 0 aliphatic rings. The molecule has 22 heavy (non-hydrogen) atoms. The second kappa shape index (κ2) is 5.75. The SMILES string of the molecule is COCc1nn(-c2ccnc3cc(Cl)ccc23)cc1C(=O)O. The van der Waals surface area contributed by atoms with Crippen LogP contribution in [-0.2, 0) is 11.3 Å². The van der Waals surface area contributed by atoms with Crippen molar-refractivity contribution in [3.8, 4) is 5.69 Å². The Morgan fingerprint density at radius 3 is 2.95 bits per heavy atom. The van der Waals surface area contributed by atoms with Gasteiger partial charge in [-0.25, -0.2) is 9.48 Å². The maximum Gasteiger partial charge on any atom is 0.339 e. The monoisotopic (exact) mass is 317 g/mol. The summed E-state index contributed by atoms with van der Waals surface area (Å²) in [5.74, 6) is -1.04. The molecule has 0 aliphatic carbocycles. The van der Waals surface area contributed by atoms with Gasteiger partial charge in [-0.1, -0.05) is 11.6 Å². The highest BCUT2D eigenvalue weighted by Crippen LogP contribution is 2.24. The number of ether oxygens (including phenoxy) is 1. The molecule has 3 aromatic rings. The molecule has 1 N–H and O–H groups in total. The number of rotatable bonds is 4. The highest BCUT2D eigenvalue weighted by molar-refractivity contribution is 6.31. The first-order valence-electron chi connectivity index (χ1n) is 6.45. The van der Waals surface area contributed by atoms with Gasteiger partial charge in [0.25, 0.3) is 0 Å². The summed E-state index contributed by atoms with van der Waals surface area (Å²) in [5, 5.41) is 15.0. The largest absolute Gasteiger partial charge is 0.478 e. The average Bonchev–Trinajstić information content (AvgIpc) is 2.91. The van der Waals surface area contributed by atoms with E-state index in [2.05, 4.69) is 10.1 Å². The number of pyridine rings is 1. The second-order valence-electron chi connectivity index (χ2n) is 4.66. The van der Waals surface area contributed by atoms with Crippen molar-refractivity contribution >= 4 is 28.5 Å². The number of aromatic carboxylic acids is 1. The quantitative estimate of drug-likeness (QED) is 0.800. The minimum Gasteiger partial charge on any atom is -0.478 e. The predicted octanol–water partition coefficient (Wildman–Crippen LogP) is 2.92. The predicted molar refractivity (Wildman–Crippen MR) is 81.5 cm³/mol. The number of methoxy groups -OCH3 is 1. The van der Waals surface area contributed by atoms with Gasteiger partial charge < -0.3 is 9.84 Å². The fourth-order valence-electron chi connectivity index (χ4n) is 2.26. The molecule has 0 aliphatic heterocycles. The molecule has 0 saturated heterocycles. The van der Waals surface area contributed by atoms with Gasteiger partial charge in [-0.3, -0.25) is 4.98 Å². The fraction of sp³-hybridized carbons (Fsp3) is 0.133. The molecule has 0 spiro atoms. The lowest BCUT2D eigenvalue weighted by Crippen LogP contribution is -2.00. The number of carboxylic acids is 1. The van der Waals surface area contributed by atoms with Crippen molar-refractivity contribution < 1.29 is 14.6 Å². The van der Waals surface area contributed by atoms with Gasteiger partial charge in [-0.2, -0.15) is 5.10 Å². The zero-order chi connectivity index (χ0) is 15.7. The molecule has 112 valence electrons. The molecule has 0 radical (unpaired) electrons. The lowest BCUT2D eigenvalue weighted by molar-refractivity contribution is 0.0692. The Kier molecular flexibility index (Phi) is 3.79. The Morgan fingerprint density at radius 1 is 1.41 bits per heavy atom. The maximum atomic E-state index is 11.3. The zero-order valence-electron chi connectivity index (χ0n) is 11.7. The summed E-state index contributed by atoms with van der Waals surface area (Å²) in [6, 6.07) is 7.11. The highest BCUT2D eigenvalue weighted by atomic mass is 35.5. The molecule has 2 aromatic heterocycles. The van der Waals surface area contributed by atoms with Crippen LogP contribution in [0.3, 0.4) is 0 Å². The van der Waals surface area contributed by atoms with Gasteiger partial charge in [0.2, 0.25) is 0 Å². The van der Waals surface area contributed by atoms with Gasteiger partial charge in [0.15, 0.2) is 0 Å². The van der Waals surface area contributed by atoms with Crippen molar-refractivity contribution in [3.05, 3.63) is 52.9 Å². The molecule has 1 aromatic carbocycles. The minimum absolute atomic E-state index is 0.112. The summed E-state index contributed by atoms with van der Waals surface area (Å²) in [6.07, 6.45) is 3.10. The van der Waals surface area contributed by atoms with Gasteiger partial charge in [0.1, 0.15) is 11.3 Å². The number of nitrogens with zero attached hydrogens (tertiary/aromatic N) is 3. The van der Waals surface area contributed by atoms with Crippen molar-refractivity contribution in [1.29, 1.82) is 0 Å². The van der Waals surface area contributed by atoms with Crippen LogP contribution in [0.25, 0.3) is 16.6 Å². The molecule has 3 rings (SSSR count). The van der Waals surface area contributed by atoms with Crippen molar-refractivity contribution in [2.45, 2.75) is 6.61 Å². The first kappa shape index (κ1) is 14.5. The smallest absolute Gasteiger partial charge is 0.339 e. The Bertz CT molecular complexity index is 860. The zero-order valence-corrected chi connectivity index (χ0v) is 12.4. The number of halogens is 1. The number of carbonyl (C=O) groups is 1. The topological polar surface area (TPSA) is 77.2 Å². The highest BCUT2D eigenvalue weighted by Gasteiger charge is 2.17. The molecule has 0 amide bonds. The van der Waals surface area contributed by atoms with E-state index in [1.165, 1.54) is 18.0 Å². The van der Waals surface area contributed by atoms with E-state index in [0.717, 1.165) is 11.1 Å². The molecule has 2 heterocycles. The lowest BCUT2D eigenvalue weighted by Gasteiger charge is -2.06. The number of fused-ring (bicyclic) bond motifs is 1. The van der Waals surface area contributed by atoms with E-state index in [1.54, 1.807) is 24.4 Å². The van der Waals surface area contributed by atoms with E-state index in [1.807, 2.05) is 6.07 Å². The van der Waals surface area contributed by atoms with Crippen LogP contribution in [-0.4, -0.2) is 33.0 Å². The first-order valence-corrected chi connectivity index (χ1v) is 6.83. The molecule has 0 atom stereocenters. The molecule has 0 fully saturated rings. The van der Waals surface area contributed by atoms with E-state index in [9.17, 15) is 9.90 Å². The number of hydrogen-bond donors (Lipinski definition) is 1. The summed E-state index contributed by atoms with van der Waals surface area (Å²) < 4.78 is 6.53. The van der Waals surface area contributed by atoms with Crippen molar-refractivity contribution in [1.82, 2.24) is 14.8 Å². The van der Waals surface area contributed by atoms with Crippen LogP contribution in [0.4, 0.5) is 0 Å². The van der Waals surface area contributed by atoms with E-state index in [4.69, 9.17) is 16.3 Å². The number of hydrogen-bond acceptors (Lipinski definition) is 4. The van der Waals surface area contributed by atoms with Crippen LogP contribution in [0.2, 0.25) is 5.02 Å². The van der Waals surface area contributed by atoms with Gasteiger partial charge in [-0.05, 0) is 24.3 Å². The van der Waals surface area contributed by atoms with Gasteiger partial charge in [0, 0.05) is 29.9 Å². The van der Waals surface area contributed by atoms with E-state index in [0.29, 0.717) is 16.2 Å². The van der Waals surface area contributed by atoms with Crippen LogP contribution < -0.4 is 0 Å². The van der Waals surface area contributed by atoms with E-state index >= 15 is 0 Å². The average molecular weight is 318 g/mol. The maximum absolute atomic E-state index is 11.3. The second-order valence-corrected chi connectivity index (χ2v) is 5.10. The van der Waals surface area contributed by atoms with Gasteiger partial charge in [-0.15, -0.1) is 0 Å². The molecule has 0 unspecified atom stereocenters. The molecule has 7 heteroatoms. The Morgan fingerprint density at radius 2 is 2.23 bits per heavy atom. The number of carboxylic acid groups (broad SMARTS) is 1. The number of aromatic nitrogens is 3. The fourth-order valence-corrected chi connectivity index (χ4v) is 2.43. The molecule has 0 bridgehead atoms. The first-order chi connectivity index (χ1) is 10.6. The minimum atomic E-state index is -1.04. The summed E-state index contributed by atoms with van der Waals surface area (Å²) in [4.78, 5) is 15.6. The van der Waals surface area contributed by atoms with Crippen LogP contribution in [0, 0.1) is 0 Å². The van der Waals surface area contributed by atoms with E-state index in [-0.39, 0.29) is 12.2 Å². The van der Waals surface area contributed by atoms with Crippen LogP contribution in [0.5, 0.6) is 0 Å². The summed E-state index contributed by atoms with van der Waals surface area (Å²) >= 11 is 5.97. The molecule has 0 saturated carbocycles. The van der Waals surface area contributed by atoms with Crippen molar-refractivity contribution in [2.75, 3.05) is 7.11 Å². The van der Waals surface area contributed by atoms with Crippen molar-refractivity contribution in [2.24, 2.45) is 0 Å². The Hall–Kier alpha value is -2.44. The summed E-state index contributed by atoms with van der Waals surface area (Å²) in [6.45, 7) is 0.128. The molecular formula is C15H12ClN3O3. The lowest BCUT2D eigenvalue weighted by atomic mass is 10.2. The van der Waals surface area contributed by atoms with Crippen LogP contribution >= 0.6 is 11.6 Å². The van der Waals surface area contributed by atoms with E-state index < -0.39 is 5.97 Å². The van der Waals surface area contributed by atoms with Crippen molar-refractivity contribution in [3.63, 3.8) is 0 Å². The van der Waals surface area contributed by atoms with Gasteiger partial charge in [0.05, 0.1) is 17.8 Å². The van der Waals surface area contributed by atoms with Gasteiger partial charge >= 0.3 is 5.97 Å². The number of benzene rings is 1. The third-order valence-electron chi connectivity index (χ3n) is 3.23. The standard InChI is InChI=1S/C15H12ClN3O3/c1-22-8-13-11(15(20)21)7-19(18-13)14-4-5-17-12-6-9(16)2-3-10(12)14/h2-7H,8H2,1H3,(H,20,21). The molecular weight excluding hydrogens is 306 g/mol. The van der Waals surface area contributed by atoms with Crippen LogP contribution in [0.15, 0.2) is 36.7 Å². The third-order valence-corrected chi connectivity index (χ3v) is 3.47. The third kappa shape index (κ3) is 2.54. The van der Waals surface area contributed by atoms with Crippen LogP contribution in [0.1, 0.15) is 16.1 Å². The Labute approximate surface area is 130 Å². The summed E-state index contributed by atoms with van der Waals surface area (Å²) in [5.41, 5.74) is 1.92. The normalized spacial score (nSPS) is 11.0. The summed E-state index contributed by atoms with van der Waals surface area (Å²) in [7, 11) is 1.49. The molecule has 6 nitrogen and oxygen atoms in total.